The molecule has 1 aliphatic heterocycles. The fraction of sp³-hybridized carbons (Fsp3) is 0.409. The maximum atomic E-state index is 13.5. The molecule has 0 amide bonds. The molecule has 1 atom stereocenters. The number of benzene rings is 2. The molecule has 3 rings (SSSR count). The largest absolute Gasteiger partial charge is 0.384 e. The average molecular weight is 369 g/mol. The van der Waals surface area contributed by atoms with Crippen LogP contribution in [0.25, 0.3) is 0 Å². The first-order valence-corrected chi connectivity index (χ1v) is 9.44. The van der Waals surface area contributed by atoms with Crippen LogP contribution in [0.5, 0.6) is 0 Å². The molecule has 4 nitrogen and oxygen atoms in total. The van der Waals surface area contributed by atoms with Crippen molar-refractivity contribution in [3.8, 4) is 0 Å². The molecule has 0 aromatic heterocycles. The van der Waals surface area contributed by atoms with Gasteiger partial charge in [-0.15, -0.1) is 0 Å². The molecular weight excluding hydrogens is 341 g/mol. The number of ether oxygens (including phenoxy) is 1. The van der Waals surface area contributed by atoms with E-state index in [1.807, 2.05) is 25.1 Å². The molecule has 0 saturated carbocycles. The Morgan fingerprint density at radius 2 is 1.96 bits per heavy atom. The molecule has 1 heterocycles. The standard InChI is InChI=1S/C22H28FN3O/c1-4-25-21(24)16-6-11-20-17(14-16)15-27-22(20,12-5-13-26(2)3)18-7-9-19(23)10-8-18/h6-11,14H,4-5,12-13,15H2,1-3H3,(H2,24,25). The monoisotopic (exact) mass is 369 g/mol. The van der Waals surface area contributed by atoms with Crippen molar-refractivity contribution in [2.24, 2.45) is 10.7 Å². The zero-order valence-corrected chi connectivity index (χ0v) is 16.3. The van der Waals surface area contributed by atoms with Gasteiger partial charge in [0.15, 0.2) is 0 Å². The van der Waals surface area contributed by atoms with Crippen molar-refractivity contribution in [1.29, 1.82) is 0 Å². The summed E-state index contributed by atoms with van der Waals surface area (Å²) in [6.45, 7) is 4.11. The number of nitrogens with zero attached hydrogens (tertiary/aromatic N) is 2. The van der Waals surface area contributed by atoms with Crippen molar-refractivity contribution in [3.05, 3.63) is 70.5 Å². The lowest BCUT2D eigenvalue weighted by molar-refractivity contribution is -0.0140. The zero-order chi connectivity index (χ0) is 19.4. The van der Waals surface area contributed by atoms with Crippen molar-refractivity contribution in [2.75, 3.05) is 27.2 Å². The van der Waals surface area contributed by atoms with Crippen LogP contribution in [0.3, 0.4) is 0 Å². The van der Waals surface area contributed by atoms with Crippen LogP contribution < -0.4 is 5.73 Å². The van der Waals surface area contributed by atoms with E-state index in [1.165, 1.54) is 12.1 Å². The van der Waals surface area contributed by atoms with Gasteiger partial charge in [0.05, 0.1) is 6.61 Å². The van der Waals surface area contributed by atoms with Gasteiger partial charge in [0, 0.05) is 12.1 Å². The lowest BCUT2D eigenvalue weighted by Gasteiger charge is -2.31. The number of aliphatic imine (C=N–C) groups is 1. The predicted octanol–water partition coefficient (Wildman–Crippen LogP) is 3.67. The fourth-order valence-corrected chi connectivity index (χ4v) is 3.76. The van der Waals surface area contributed by atoms with Gasteiger partial charge in [0.1, 0.15) is 17.3 Å². The van der Waals surface area contributed by atoms with Gasteiger partial charge < -0.3 is 15.4 Å². The Balaban J connectivity index is 2.00. The summed E-state index contributed by atoms with van der Waals surface area (Å²) in [4.78, 5) is 6.47. The summed E-state index contributed by atoms with van der Waals surface area (Å²) in [7, 11) is 4.13. The average Bonchev–Trinajstić information content (AvgIpc) is 3.01. The number of hydrogen-bond donors (Lipinski definition) is 1. The molecule has 2 N–H and O–H groups in total. The predicted molar refractivity (Wildman–Crippen MR) is 107 cm³/mol. The quantitative estimate of drug-likeness (QED) is 0.598. The molecule has 0 aliphatic carbocycles. The van der Waals surface area contributed by atoms with Crippen molar-refractivity contribution in [3.63, 3.8) is 0 Å². The highest BCUT2D eigenvalue weighted by Crippen LogP contribution is 2.45. The summed E-state index contributed by atoms with van der Waals surface area (Å²) < 4.78 is 19.9. The van der Waals surface area contributed by atoms with Gasteiger partial charge in [-0.05, 0) is 75.3 Å². The molecule has 0 radical (unpaired) electrons. The van der Waals surface area contributed by atoms with Crippen LogP contribution in [0.2, 0.25) is 0 Å². The summed E-state index contributed by atoms with van der Waals surface area (Å²) in [5.74, 6) is 0.312. The Bertz CT molecular complexity index is 817. The van der Waals surface area contributed by atoms with E-state index < -0.39 is 5.60 Å². The molecule has 0 bridgehead atoms. The van der Waals surface area contributed by atoms with Crippen molar-refractivity contribution in [2.45, 2.75) is 32.0 Å². The Morgan fingerprint density at radius 1 is 1.22 bits per heavy atom. The van der Waals surface area contributed by atoms with E-state index in [-0.39, 0.29) is 5.82 Å². The van der Waals surface area contributed by atoms with E-state index in [0.29, 0.717) is 19.0 Å². The zero-order valence-electron chi connectivity index (χ0n) is 16.3. The molecule has 0 spiro atoms. The first-order valence-electron chi connectivity index (χ1n) is 9.44. The first kappa shape index (κ1) is 19.5. The number of halogens is 1. The van der Waals surface area contributed by atoms with E-state index in [4.69, 9.17) is 10.5 Å². The molecule has 0 fully saturated rings. The van der Waals surface area contributed by atoms with E-state index in [1.54, 1.807) is 0 Å². The maximum Gasteiger partial charge on any atom is 0.125 e. The van der Waals surface area contributed by atoms with Gasteiger partial charge in [-0.1, -0.05) is 24.3 Å². The second-order valence-corrected chi connectivity index (χ2v) is 7.26. The van der Waals surface area contributed by atoms with Gasteiger partial charge in [-0.25, -0.2) is 4.39 Å². The van der Waals surface area contributed by atoms with Crippen molar-refractivity contribution < 1.29 is 9.13 Å². The summed E-state index contributed by atoms with van der Waals surface area (Å²) in [6.07, 6.45) is 1.81. The summed E-state index contributed by atoms with van der Waals surface area (Å²) >= 11 is 0. The molecule has 27 heavy (non-hydrogen) atoms. The number of fused-ring (bicyclic) bond motifs is 1. The molecule has 0 saturated heterocycles. The molecule has 1 aliphatic rings. The summed E-state index contributed by atoms with van der Waals surface area (Å²) in [6, 6.07) is 12.8. The van der Waals surface area contributed by atoms with Gasteiger partial charge in [0.25, 0.3) is 0 Å². The number of rotatable bonds is 7. The lowest BCUT2D eigenvalue weighted by Crippen LogP contribution is -2.28. The van der Waals surface area contributed by atoms with Gasteiger partial charge in [-0.2, -0.15) is 0 Å². The van der Waals surface area contributed by atoms with Gasteiger partial charge >= 0.3 is 0 Å². The summed E-state index contributed by atoms with van der Waals surface area (Å²) in [5.41, 5.74) is 9.69. The van der Waals surface area contributed by atoms with Gasteiger partial charge in [0.2, 0.25) is 0 Å². The third kappa shape index (κ3) is 4.04. The highest BCUT2D eigenvalue weighted by molar-refractivity contribution is 5.97. The Labute approximate surface area is 160 Å². The van der Waals surface area contributed by atoms with Crippen LogP contribution in [-0.2, 0) is 16.9 Å². The smallest absolute Gasteiger partial charge is 0.125 e. The van der Waals surface area contributed by atoms with E-state index in [9.17, 15) is 4.39 Å². The second-order valence-electron chi connectivity index (χ2n) is 7.26. The van der Waals surface area contributed by atoms with Crippen LogP contribution in [0.1, 0.15) is 42.0 Å². The van der Waals surface area contributed by atoms with E-state index in [0.717, 1.165) is 41.6 Å². The van der Waals surface area contributed by atoms with E-state index in [2.05, 4.69) is 36.1 Å². The second kappa shape index (κ2) is 8.19. The number of nitrogens with two attached hydrogens (primary N) is 1. The van der Waals surface area contributed by atoms with Crippen molar-refractivity contribution in [1.82, 2.24) is 4.90 Å². The highest BCUT2D eigenvalue weighted by Gasteiger charge is 2.41. The summed E-state index contributed by atoms with van der Waals surface area (Å²) in [5, 5.41) is 0. The Kier molecular flexibility index (Phi) is 5.92. The van der Waals surface area contributed by atoms with Crippen LogP contribution in [0.4, 0.5) is 4.39 Å². The lowest BCUT2D eigenvalue weighted by atomic mass is 9.81. The first-order chi connectivity index (χ1) is 13.0. The van der Waals surface area contributed by atoms with Crippen molar-refractivity contribution >= 4 is 5.84 Å². The number of hydrogen-bond acceptors (Lipinski definition) is 3. The molecule has 5 heteroatoms. The highest BCUT2D eigenvalue weighted by atomic mass is 19.1. The minimum absolute atomic E-state index is 0.237. The Morgan fingerprint density at radius 3 is 2.63 bits per heavy atom. The van der Waals surface area contributed by atoms with Crippen LogP contribution >= 0.6 is 0 Å². The SMILES string of the molecule is CCN=C(N)c1ccc2c(c1)COC2(CCCN(C)C)c1ccc(F)cc1. The Hall–Kier alpha value is -2.24. The topological polar surface area (TPSA) is 50.9 Å². The molecule has 2 aromatic rings. The molecule has 2 aromatic carbocycles. The minimum atomic E-state index is -0.547. The van der Waals surface area contributed by atoms with Crippen LogP contribution in [0.15, 0.2) is 47.5 Å². The van der Waals surface area contributed by atoms with E-state index >= 15 is 0 Å². The van der Waals surface area contributed by atoms with Gasteiger partial charge in [-0.3, -0.25) is 4.99 Å². The minimum Gasteiger partial charge on any atom is -0.384 e. The molecular formula is C22H28FN3O. The molecule has 1 unspecified atom stereocenters. The fourth-order valence-electron chi connectivity index (χ4n) is 3.76. The third-order valence-electron chi connectivity index (χ3n) is 5.08. The van der Waals surface area contributed by atoms with Crippen LogP contribution in [-0.4, -0.2) is 37.9 Å². The normalized spacial score (nSPS) is 19.5. The van der Waals surface area contributed by atoms with Crippen LogP contribution in [0, 0.1) is 5.82 Å². The third-order valence-corrected chi connectivity index (χ3v) is 5.08. The molecule has 144 valence electrons. The number of amidine groups is 1. The maximum absolute atomic E-state index is 13.5.